The van der Waals surface area contributed by atoms with Crippen molar-refractivity contribution >= 4 is 22.3 Å². The van der Waals surface area contributed by atoms with Crippen LogP contribution in [-0.4, -0.2) is 10.8 Å². The van der Waals surface area contributed by atoms with Crippen molar-refractivity contribution in [1.29, 1.82) is 0 Å². The molecule has 0 aliphatic carbocycles. The van der Waals surface area contributed by atoms with Gasteiger partial charge in [0, 0.05) is 5.38 Å². The lowest BCUT2D eigenvalue weighted by Gasteiger charge is -2.01. The van der Waals surface area contributed by atoms with Crippen molar-refractivity contribution in [2.24, 2.45) is 0 Å². The van der Waals surface area contributed by atoms with Gasteiger partial charge in [-0.15, -0.1) is 11.3 Å². The van der Waals surface area contributed by atoms with Crippen molar-refractivity contribution in [2.45, 2.75) is 6.42 Å². The molecule has 3 nitrogen and oxygen atoms in total. The summed E-state index contributed by atoms with van der Waals surface area (Å²) in [5.74, 6) is -1.90. The fraction of sp³-hybridized carbons (Fsp3) is 0.0909. The summed E-state index contributed by atoms with van der Waals surface area (Å²) in [5.41, 5.74) is 5.60. The van der Waals surface area contributed by atoms with Crippen LogP contribution in [0.25, 0.3) is 0 Å². The first kappa shape index (κ1) is 11.7. The van der Waals surface area contributed by atoms with E-state index in [4.69, 9.17) is 5.73 Å². The molecule has 6 heteroatoms. The lowest BCUT2D eigenvalue weighted by Crippen LogP contribution is -2.07. The van der Waals surface area contributed by atoms with Crippen LogP contribution in [0, 0.1) is 11.6 Å². The van der Waals surface area contributed by atoms with Gasteiger partial charge in [0.25, 0.3) is 0 Å². The molecule has 1 aromatic carbocycles. The second-order valence-electron chi connectivity index (χ2n) is 3.40. The average Bonchev–Trinajstić information content (AvgIpc) is 2.67. The molecule has 2 N–H and O–H groups in total. The number of thiazole rings is 1. The lowest BCUT2D eigenvalue weighted by molar-refractivity contribution is 0.0988. The zero-order chi connectivity index (χ0) is 12.4. The van der Waals surface area contributed by atoms with E-state index in [1.54, 1.807) is 5.38 Å². The fourth-order valence-electron chi connectivity index (χ4n) is 1.37. The molecule has 0 saturated heterocycles. The second kappa shape index (κ2) is 4.58. The van der Waals surface area contributed by atoms with Gasteiger partial charge in [-0.25, -0.2) is 13.8 Å². The highest BCUT2D eigenvalue weighted by Crippen LogP contribution is 2.16. The molecule has 1 aromatic heterocycles. The van der Waals surface area contributed by atoms with Gasteiger partial charge >= 0.3 is 0 Å². The molecular weight excluding hydrogens is 246 g/mol. The molecule has 88 valence electrons. The van der Waals surface area contributed by atoms with Gasteiger partial charge in [0.1, 0.15) is 11.6 Å². The number of aromatic nitrogens is 1. The number of carbonyl (C=O) groups is 1. The molecule has 0 aliphatic rings. The molecule has 0 radical (unpaired) electrons. The van der Waals surface area contributed by atoms with Crippen LogP contribution >= 0.6 is 11.3 Å². The van der Waals surface area contributed by atoms with Gasteiger partial charge in [0.05, 0.1) is 17.7 Å². The number of Topliss-reactive ketones (excluding diaryl/α,β-unsaturated/α-hetero) is 1. The molecule has 0 fully saturated rings. The van der Waals surface area contributed by atoms with E-state index in [1.165, 1.54) is 11.3 Å². The number of nitrogen functional groups attached to an aromatic ring is 1. The highest BCUT2D eigenvalue weighted by atomic mass is 32.1. The Kier molecular flexibility index (Phi) is 3.14. The third kappa shape index (κ3) is 2.65. The van der Waals surface area contributed by atoms with Gasteiger partial charge in [0.15, 0.2) is 10.9 Å². The summed E-state index contributed by atoms with van der Waals surface area (Å²) in [6, 6.07) is 2.78. The number of hydrogen-bond donors (Lipinski definition) is 1. The zero-order valence-electron chi connectivity index (χ0n) is 8.61. The summed E-state index contributed by atoms with van der Waals surface area (Å²) >= 11 is 1.20. The number of rotatable bonds is 3. The van der Waals surface area contributed by atoms with Crippen LogP contribution in [0.4, 0.5) is 13.9 Å². The Morgan fingerprint density at radius 1 is 1.41 bits per heavy atom. The maximum atomic E-state index is 13.3. The number of anilines is 1. The predicted octanol–water partition coefficient (Wildman–Crippen LogP) is 2.43. The monoisotopic (exact) mass is 254 g/mol. The molecule has 0 saturated carbocycles. The Balaban J connectivity index is 2.22. The van der Waals surface area contributed by atoms with Gasteiger partial charge in [-0.3, -0.25) is 4.79 Å². The number of halogens is 2. The molecule has 2 rings (SSSR count). The molecule has 0 unspecified atom stereocenters. The van der Waals surface area contributed by atoms with E-state index in [0.717, 1.165) is 18.2 Å². The fourth-order valence-corrected chi connectivity index (χ4v) is 1.94. The summed E-state index contributed by atoms with van der Waals surface area (Å²) in [7, 11) is 0. The molecule has 0 amide bonds. The van der Waals surface area contributed by atoms with Gasteiger partial charge in [-0.1, -0.05) is 0 Å². The maximum absolute atomic E-state index is 13.3. The second-order valence-corrected chi connectivity index (χ2v) is 4.29. The topological polar surface area (TPSA) is 56.0 Å². The lowest BCUT2D eigenvalue weighted by atomic mass is 10.1. The van der Waals surface area contributed by atoms with Crippen LogP contribution in [0.15, 0.2) is 23.6 Å². The maximum Gasteiger partial charge on any atom is 0.180 e. The standard InChI is InChI=1S/C11H8F2N2OS/c12-6-1-2-9(13)8(3-6)10(16)4-7-5-17-11(14)15-7/h1-3,5H,4H2,(H2,14,15). The molecule has 0 atom stereocenters. The van der Waals surface area contributed by atoms with Crippen molar-refractivity contribution in [3.05, 3.63) is 46.5 Å². The number of ketones is 1. The normalized spacial score (nSPS) is 10.5. The first-order chi connectivity index (χ1) is 8.06. The van der Waals surface area contributed by atoms with E-state index in [2.05, 4.69) is 4.98 Å². The average molecular weight is 254 g/mol. The third-order valence-electron chi connectivity index (χ3n) is 2.14. The van der Waals surface area contributed by atoms with Gasteiger partial charge < -0.3 is 5.73 Å². The summed E-state index contributed by atoms with van der Waals surface area (Å²) in [4.78, 5) is 15.6. The number of benzene rings is 1. The molecule has 0 spiro atoms. The summed E-state index contributed by atoms with van der Waals surface area (Å²) in [6.07, 6.45) is -0.0892. The van der Waals surface area contributed by atoms with E-state index in [1.807, 2.05) is 0 Å². The van der Waals surface area contributed by atoms with Crippen LogP contribution in [0.2, 0.25) is 0 Å². The molecule has 17 heavy (non-hydrogen) atoms. The molecule has 1 heterocycles. The first-order valence-corrected chi connectivity index (χ1v) is 5.62. The molecule has 0 bridgehead atoms. The molecular formula is C11H8F2N2OS. The van der Waals surface area contributed by atoms with Crippen molar-refractivity contribution < 1.29 is 13.6 Å². The van der Waals surface area contributed by atoms with Crippen LogP contribution in [0.5, 0.6) is 0 Å². The minimum Gasteiger partial charge on any atom is -0.375 e. The minimum absolute atomic E-state index is 0.0892. The van der Waals surface area contributed by atoms with Crippen LogP contribution in [0.1, 0.15) is 16.1 Å². The van der Waals surface area contributed by atoms with Crippen molar-refractivity contribution in [2.75, 3.05) is 5.73 Å². The number of hydrogen-bond acceptors (Lipinski definition) is 4. The number of nitrogens with two attached hydrogens (primary N) is 1. The largest absolute Gasteiger partial charge is 0.375 e. The van der Waals surface area contributed by atoms with Crippen molar-refractivity contribution in [3.8, 4) is 0 Å². The van der Waals surface area contributed by atoms with Crippen LogP contribution < -0.4 is 5.73 Å². The third-order valence-corrected chi connectivity index (χ3v) is 2.86. The van der Waals surface area contributed by atoms with E-state index in [0.29, 0.717) is 10.8 Å². The van der Waals surface area contributed by atoms with E-state index in [9.17, 15) is 13.6 Å². The van der Waals surface area contributed by atoms with E-state index in [-0.39, 0.29) is 12.0 Å². The Morgan fingerprint density at radius 2 is 2.18 bits per heavy atom. The summed E-state index contributed by atoms with van der Waals surface area (Å²) < 4.78 is 26.2. The van der Waals surface area contributed by atoms with E-state index >= 15 is 0 Å². The minimum atomic E-state index is -0.736. The Morgan fingerprint density at radius 3 is 2.82 bits per heavy atom. The number of nitrogens with zero attached hydrogens (tertiary/aromatic N) is 1. The van der Waals surface area contributed by atoms with Crippen molar-refractivity contribution in [1.82, 2.24) is 4.98 Å². The molecule has 2 aromatic rings. The SMILES string of the molecule is Nc1nc(CC(=O)c2cc(F)ccc2F)cs1. The first-order valence-electron chi connectivity index (χ1n) is 4.74. The number of carbonyl (C=O) groups excluding carboxylic acids is 1. The highest BCUT2D eigenvalue weighted by molar-refractivity contribution is 7.13. The van der Waals surface area contributed by atoms with Crippen LogP contribution in [-0.2, 0) is 6.42 Å². The highest BCUT2D eigenvalue weighted by Gasteiger charge is 2.14. The quantitative estimate of drug-likeness (QED) is 0.856. The van der Waals surface area contributed by atoms with Crippen molar-refractivity contribution in [3.63, 3.8) is 0 Å². The Bertz CT molecular complexity index is 568. The molecule has 0 aliphatic heterocycles. The van der Waals surface area contributed by atoms with Gasteiger partial charge in [0.2, 0.25) is 0 Å². The van der Waals surface area contributed by atoms with Gasteiger partial charge in [-0.2, -0.15) is 0 Å². The zero-order valence-corrected chi connectivity index (χ0v) is 9.43. The smallest absolute Gasteiger partial charge is 0.180 e. The van der Waals surface area contributed by atoms with E-state index < -0.39 is 17.4 Å². The summed E-state index contributed by atoms with van der Waals surface area (Å²) in [5, 5.41) is 1.96. The predicted molar refractivity (Wildman–Crippen MR) is 60.9 cm³/mol. The summed E-state index contributed by atoms with van der Waals surface area (Å²) in [6.45, 7) is 0. The van der Waals surface area contributed by atoms with Gasteiger partial charge in [-0.05, 0) is 18.2 Å². The Hall–Kier alpha value is -1.82. The Labute approximate surface area is 99.9 Å². The van der Waals surface area contributed by atoms with Crippen LogP contribution in [0.3, 0.4) is 0 Å².